The van der Waals surface area contributed by atoms with Gasteiger partial charge in [-0.05, 0) is 36.8 Å². The van der Waals surface area contributed by atoms with Crippen molar-refractivity contribution in [2.75, 3.05) is 6.61 Å². The molecule has 2 aromatic carbocycles. The minimum absolute atomic E-state index is 0.336. The first-order valence-electron chi connectivity index (χ1n) is 7.02. The van der Waals surface area contributed by atoms with E-state index < -0.39 is 0 Å². The molecule has 1 aromatic heterocycles. The second-order valence-corrected chi connectivity index (χ2v) is 5.14. The lowest BCUT2D eigenvalue weighted by molar-refractivity contribution is 0.0527. The number of esters is 1. The summed E-state index contributed by atoms with van der Waals surface area (Å²) in [4.78, 5) is 16.4. The van der Waals surface area contributed by atoms with Gasteiger partial charge in [-0.3, -0.25) is 4.98 Å². The van der Waals surface area contributed by atoms with E-state index in [0.29, 0.717) is 17.2 Å². The Morgan fingerprint density at radius 2 is 1.91 bits per heavy atom. The minimum atomic E-state index is -0.347. The van der Waals surface area contributed by atoms with Crippen molar-refractivity contribution in [3.05, 3.63) is 65.3 Å². The molecule has 4 heteroatoms. The molecule has 0 aliphatic rings. The van der Waals surface area contributed by atoms with Crippen LogP contribution in [0.5, 0.6) is 0 Å². The average molecular weight is 312 g/mol. The number of benzene rings is 2. The van der Waals surface area contributed by atoms with E-state index in [2.05, 4.69) is 4.98 Å². The monoisotopic (exact) mass is 311 g/mol. The molecule has 0 radical (unpaired) electrons. The summed E-state index contributed by atoms with van der Waals surface area (Å²) in [6.45, 7) is 2.12. The summed E-state index contributed by atoms with van der Waals surface area (Å²) in [7, 11) is 0. The van der Waals surface area contributed by atoms with Crippen LogP contribution in [0.15, 0.2) is 54.7 Å². The SMILES string of the molecule is CCOC(=O)c1ccccc1-c1ccc2ncccc2c1Cl. The van der Waals surface area contributed by atoms with Gasteiger partial charge in [0.15, 0.2) is 0 Å². The summed E-state index contributed by atoms with van der Waals surface area (Å²) >= 11 is 6.54. The number of carbonyl (C=O) groups is 1. The van der Waals surface area contributed by atoms with E-state index in [1.807, 2.05) is 42.5 Å². The van der Waals surface area contributed by atoms with Crippen molar-refractivity contribution in [2.45, 2.75) is 6.92 Å². The van der Waals surface area contributed by atoms with Gasteiger partial charge in [-0.1, -0.05) is 35.9 Å². The zero-order chi connectivity index (χ0) is 15.5. The topological polar surface area (TPSA) is 39.2 Å². The summed E-state index contributed by atoms with van der Waals surface area (Å²) in [5.74, 6) is -0.347. The molecule has 0 amide bonds. The number of aromatic nitrogens is 1. The third kappa shape index (κ3) is 2.55. The first-order valence-corrected chi connectivity index (χ1v) is 7.40. The Bertz CT molecular complexity index is 845. The van der Waals surface area contributed by atoms with E-state index in [9.17, 15) is 4.79 Å². The fourth-order valence-corrected chi connectivity index (χ4v) is 2.75. The Morgan fingerprint density at radius 1 is 1.09 bits per heavy atom. The molecule has 0 saturated carbocycles. The van der Waals surface area contributed by atoms with Gasteiger partial charge in [0.05, 0.1) is 22.7 Å². The Labute approximate surface area is 133 Å². The molecular weight excluding hydrogens is 298 g/mol. The second kappa shape index (κ2) is 6.16. The van der Waals surface area contributed by atoms with Gasteiger partial charge in [0.2, 0.25) is 0 Å². The maximum atomic E-state index is 12.1. The normalized spacial score (nSPS) is 10.6. The van der Waals surface area contributed by atoms with Crippen LogP contribution >= 0.6 is 11.6 Å². The fourth-order valence-electron chi connectivity index (χ4n) is 2.43. The average Bonchev–Trinajstić information content (AvgIpc) is 2.56. The van der Waals surface area contributed by atoms with E-state index in [4.69, 9.17) is 16.3 Å². The Hall–Kier alpha value is -2.39. The smallest absolute Gasteiger partial charge is 0.338 e. The molecule has 0 fully saturated rings. The number of fused-ring (bicyclic) bond motifs is 1. The van der Waals surface area contributed by atoms with Crippen molar-refractivity contribution in [3.8, 4) is 11.1 Å². The molecule has 0 aliphatic heterocycles. The molecule has 0 atom stereocenters. The van der Waals surface area contributed by atoms with E-state index in [1.54, 1.807) is 19.2 Å². The van der Waals surface area contributed by atoms with Crippen LogP contribution in [0.1, 0.15) is 17.3 Å². The van der Waals surface area contributed by atoms with Crippen LogP contribution in [-0.4, -0.2) is 17.6 Å². The quantitative estimate of drug-likeness (QED) is 0.656. The van der Waals surface area contributed by atoms with Crippen LogP contribution in [-0.2, 0) is 4.74 Å². The van der Waals surface area contributed by atoms with Crippen molar-refractivity contribution in [1.82, 2.24) is 4.98 Å². The van der Waals surface area contributed by atoms with Crippen LogP contribution in [0.3, 0.4) is 0 Å². The first kappa shape index (κ1) is 14.5. The van der Waals surface area contributed by atoms with Crippen molar-refractivity contribution >= 4 is 28.5 Å². The molecule has 22 heavy (non-hydrogen) atoms. The van der Waals surface area contributed by atoms with Gasteiger partial charge < -0.3 is 4.74 Å². The number of rotatable bonds is 3. The summed E-state index contributed by atoms with van der Waals surface area (Å²) in [5.41, 5.74) is 2.89. The number of hydrogen-bond acceptors (Lipinski definition) is 3. The third-order valence-corrected chi connectivity index (χ3v) is 3.84. The van der Waals surface area contributed by atoms with Crippen LogP contribution in [0.25, 0.3) is 22.0 Å². The summed E-state index contributed by atoms with van der Waals surface area (Å²) in [5, 5.41) is 1.45. The molecule has 3 rings (SSSR count). The van der Waals surface area contributed by atoms with Crippen molar-refractivity contribution < 1.29 is 9.53 Å². The highest BCUT2D eigenvalue weighted by atomic mass is 35.5. The zero-order valence-corrected chi connectivity index (χ0v) is 12.8. The highest BCUT2D eigenvalue weighted by molar-refractivity contribution is 6.38. The molecule has 0 spiro atoms. The molecule has 3 aromatic rings. The van der Waals surface area contributed by atoms with Crippen LogP contribution in [0, 0.1) is 0 Å². The highest BCUT2D eigenvalue weighted by Gasteiger charge is 2.16. The Kier molecular flexibility index (Phi) is 4.07. The number of nitrogens with zero attached hydrogens (tertiary/aromatic N) is 1. The summed E-state index contributed by atoms with van der Waals surface area (Å²) in [6, 6.07) is 14.9. The Morgan fingerprint density at radius 3 is 2.73 bits per heavy atom. The van der Waals surface area contributed by atoms with Gasteiger partial charge in [0.25, 0.3) is 0 Å². The number of ether oxygens (including phenoxy) is 1. The summed E-state index contributed by atoms with van der Waals surface area (Å²) < 4.78 is 5.12. The number of carbonyl (C=O) groups excluding carboxylic acids is 1. The number of hydrogen-bond donors (Lipinski definition) is 0. The predicted molar refractivity (Wildman–Crippen MR) is 88.1 cm³/mol. The van der Waals surface area contributed by atoms with Gasteiger partial charge in [0.1, 0.15) is 0 Å². The van der Waals surface area contributed by atoms with Gasteiger partial charge >= 0.3 is 5.97 Å². The van der Waals surface area contributed by atoms with E-state index in [0.717, 1.165) is 22.0 Å². The standard InChI is InChI=1S/C18H14ClNO2/c1-2-22-18(21)14-7-4-3-6-12(14)13-9-10-16-15(17(13)19)8-5-11-20-16/h3-11H,2H2,1H3. The van der Waals surface area contributed by atoms with Gasteiger partial charge in [-0.15, -0.1) is 0 Å². The van der Waals surface area contributed by atoms with Crippen molar-refractivity contribution in [2.24, 2.45) is 0 Å². The molecule has 0 aliphatic carbocycles. The van der Waals surface area contributed by atoms with Gasteiger partial charge in [-0.2, -0.15) is 0 Å². The minimum Gasteiger partial charge on any atom is -0.462 e. The first-order chi connectivity index (χ1) is 10.7. The van der Waals surface area contributed by atoms with E-state index in [1.165, 1.54) is 0 Å². The maximum absolute atomic E-state index is 12.1. The third-order valence-electron chi connectivity index (χ3n) is 3.43. The lowest BCUT2D eigenvalue weighted by Crippen LogP contribution is -2.06. The number of halogens is 1. The molecule has 3 nitrogen and oxygen atoms in total. The Balaban J connectivity index is 2.20. The number of pyridine rings is 1. The zero-order valence-electron chi connectivity index (χ0n) is 12.0. The van der Waals surface area contributed by atoms with Crippen LogP contribution in [0.2, 0.25) is 5.02 Å². The predicted octanol–water partition coefficient (Wildman–Crippen LogP) is 4.73. The molecule has 0 bridgehead atoms. The summed E-state index contributed by atoms with van der Waals surface area (Å²) in [6.07, 6.45) is 1.73. The highest BCUT2D eigenvalue weighted by Crippen LogP contribution is 2.35. The van der Waals surface area contributed by atoms with Crippen molar-refractivity contribution in [3.63, 3.8) is 0 Å². The largest absolute Gasteiger partial charge is 0.462 e. The van der Waals surface area contributed by atoms with Gasteiger partial charge in [-0.25, -0.2) is 4.79 Å². The molecule has 0 N–H and O–H groups in total. The second-order valence-electron chi connectivity index (χ2n) is 4.76. The molecule has 0 saturated heterocycles. The molecular formula is C18H14ClNO2. The molecule has 1 heterocycles. The van der Waals surface area contributed by atoms with Crippen molar-refractivity contribution in [1.29, 1.82) is 0 Å². The molecule has 0 unspecified atom stereocenters. The van der Waals surface area contributed by atoms with Gasteiger partial charge in [0, 0.05) is 17.1 Å². The van der Waals surface area contributed by atoms with E-state index >= 15 is 0 Å². The van der Waals surface area contributed by atoms with Crippen LogP contribution in [0.4, 0.5) is 0 Å². The lowest BCUT2D eigenvalue weighted by atomic mass is 9.98. The van der Waals surface area contributed by atoms with E-state index in [-0.39, 0.29) is 5.97 Å². The van der Waals surface area contributed by atoms with Crippen LogP contribution < -0.4 is 0 Å². The fraction of sp³-hybridized carbons (Fsp3) is 0.111. The molecule has 110 valence electrons. The lowest BCUT2D eigenvalue weighted by Gasteiger charge is -2.11. The maximum Gasteiger partial charge on any atom is 0.338 e.